The minimum Gasteiger partial charge on any atom is -0.348 e. The van der Waals surface area contributed by atoms with Gasteiger partial charge in [0, 0.05) is 29.0 Å². The summed E-state index contributed by atoms with van der Waals surface area (Å²) in [6.45, 7) is 4.28. The highest BCUT2D eigenvalue weighted by Gasteiger charge is 2.13. The van der Waals surface area contributed by atoms with E-state index in [9.17, 15) is 9.59 Å². The van der Waals surface area contributed by atoms with Crippen LogP contribution in [0.25, 0.3) is 0 Å². The number of rotatable bonds is 5. The third-order valence-corrected chi connectivity index (χ3v) is 4.50. The minimum absolute atomic E-state index is 0.180. The lowest BCUT2D eigenvalue weighted by Gasteiger charge is -2.10. The molecular weight excluding hydrogens is 374 g/mol. The molecule has 2 N–H and O–H groups in total. The minimum atomic E-state index is -0.362. The van der Waals surface area contributed by atoms with Crippen LogP contribution in [0, 0.1) is 13.8 Å². The van der Waals surface area contributed by atoms with E-state index in [1.54, 1.807) is 18.2 Å². The van der Waals surface area contributed by atoms with Crippen molar-refractivity contribution >= 4 is 29.1 Å². The van der Waals surface area contributed by atoms with Crippen molar-refractivity contribution < 1.29 is 9.59 Å². The summed E-state index contributed by atoms with van der Waals surface area (Å²) >= 11 is 5.86. The summed E-state index contributed by atoms with van der Waals surface area (Å²) in [7, 11) is 0. The highest BCUT2D eigenvalue weighted by atomic mass is 35.5. The van der Waals surface area contributed by atoms with Crippen LogP contribution in [0.1, 0.15) is 37.5 Å². The predicted molar refractivity (Wildman–Crippen MR) is 111 cm³/mol. The van der Waals surface area contributed by atoms with E-state index in [-0.39, 0.29) is 17.5 Å². The van der Waals surface area contributed by atoms with Gasteiger partial charge in [-0.1, -0.05) is 41.4 Å². The molecule has 1 heterocycles. The Morgan fingerprint density at radius 1 is 0.964 bits per heavy atom. The van der Waals surface area contributed by atoms with Gasteiger partial charge in [-0.25, -0.2) is 0 Å². The number of hydrogen-bond donors (Lipinski definition) is 2. The molecule has 3 rings (SSSR count). The van der Waals surface area contributed by atoms with E-state index < -0.39 is 0 Å². The molecule has 0 radical (unpaired) electrons. The van der Waals surface area contributed by atoms with Gasteiger partial charge in [-0.3, -0.25) is 14.6 Å². The lowest BCUT2D eigenvalue weighted by Crippen LogP contribution is -2.23. The summed E-state index contributed by atoms with van der Waals surface area (Å²) in [5.41, 5.74) is 4.28. The van der Waals surface area contributed by atoms with Gasteiger partial charge in [0.05, 0.1) is 0 Å². The Kier molecular flexibility index (Phi) is 6.06. The first kappa shape index (κ1) is 19.6. The number of amides is 2. The SMILES string of the molecule is Cc1ccc(NC(=O)c2cc(C(=O)NCc3ccc(Cl)cc3)ccn2)c(C)c1. The second-order valence-electron chi connectivity index (χ2n) is 6.51. The zero-order chi connectivity index (χ0) is 20.1. The zero-order valence-corrected chi connectivity index (χ0v) is 16.4. The summed E-state index contributed by atoms with van der Waals surface area (Å²) in [6.07, 6.45) is 1.45. The first-order valence-electron chi connectivity index (χ1n) is 8.79. The zero-order valence-electron chi connectivity index (χ0n) is 15.6. The number of pyridine rings is 1. The molecule has 142 valence electrons. The fourth-order valence-electron chi connectivity index (χ4n) is 2.72. The number of benzene rings is 2. The molecule has 0 aliphatic rings. The first-order chi connectivity index (χ1) is 13.4. The van der Waals surface area contributed by atoms with Crippen molar-refractivity contribution in [2.24, 2.45) is 0 Å². The van der Waals surface area contributed by atoms with Gasteiger partial charge in [0.15, 0.2) is 0 Å². The predicted octanol–water partition coefficient (Wildman–Crippen LogP) is 4.53. The maximum absolute atomic E-state index is 12.5. The van der Waals surface area contributed by atoms with E-state index in [4.69, 9.17) is 11.6 Å². The van der Waals surface area contributed by atoms with Gasteiger partial charge in [0.25, 0.3) is 11.8 Å². The molecular formula is C22H20ClN3O2. The number of carbonyl (C=O) groups is 2. The third-order valence-electron chi connectivity index (χ3n) is 4.25. The maximum Gasteiger partial charge on any atom is 0.274 e. The monoisotopic (exact) mass is 393 g/mol. The highest BCUT2D eigenvalue weighted by molar-refractivity contribution is 6.30. The molecule has 1 aromatic heterocycles. The summed E-state index contributed by atoms with van der Waals surface area (Å²) in [4.78, 5) is 29.0. The fraction of sp³-hybridized carbons (Fsp3) is 0.136. The second-order valence-corrected chi connectivity index (χ2v) is 6.95. The van der Waals surface area contributed by atoms with Gasteiger partial charge in [-0.2, -0.15) is 0 Å². The molecule has 0 saturated carbocycles. The number of nitrogens with zero attached hydrogens (tertiary/aromatic N) is 1. The standard InChI is InChI=1S/C22H20ClN3O2/c1-14-3-8-19(15(2)11-14)26-22(28)20-12-17(9-10-24-20)21(27)25-13-16-4-6-18(23)7-5-16/h3-12H,13H2,1-2H3,(H,25,27)(H,26,28). The van der Waals surface area contributed by atoms with Crippen molar-refractivity contribution in [3.05, 3.63) is 93.8 Å². The van der Waals surface area contributed by atoms with Crippen LogP contribution in [0.3, 0.4) is 0 Å². The highest BCUT2D eigenvalue weighted by Crippen LogP contribution is 2.17. The van der Waals surface area contributed by atoms with E-state index in [2.05, 4.69) is 15.6 Å². The number of anilines is 1. The maximum atomic E-state index is 12.5. The van der Waals surface area contributed by atoms with Gasteiger partial charge in [-0.15, -0.1) is 0 Å². The number of carbonyl (C=O) groups excluding carboxylic acids is 2. The Balaban J connectivity index is 1.67. The summed E-state index contributed by atoms with van der Waals surface area (Å²) in [5.74, 6) is -0.641. The van der Waals surface area contributed by atoms with Crippen molar-refractivity contribution in [2.75, 3.05) is 5.32 Å². The summed E-state index contributed by atoms with van der Waals surface area (Å²) in [5, 5.41) is 6.30. The average Bonchev–Trinajstić information content (AvgIpc) is 2.69. The Bertz CT molecular complexity index is 1020. The Hall–Kier alpha value is -3.18. The number of aryl methyl sites for hydroxylation is 2. The van der Waals surface area contributed by atoms with Crippen molar-refractivity contribution in [1.29, 1.82) is 0 Å². The van der Waals surface area contributed by atoms with Crippen molar-refractivity contribution in [2.45, 2.75) is 20.4 Å². The second kappa shape index (κ2) is 8.67. The van der Waals surface area contributed by atoms with Crippen LogP contribution < -0.4 is 10.6 Å². The topological polar surface area (TPSA) is 71.1 Å². The van der Waals surface area contributed by atoms with E-state index in [1.807, 2.05) is 44.2 Å². The number of nitrogens with one attached hydrogen (secondary N) is 2. The van der Waals surface area contributed by atoms with Gasteiger partial charge >= 0.3 is 0 Å². The molecule has 6 heteroatoms. The molecule has 0 bridgehead atoms. The van der Waals surface area contributed by atoms with Crippen LogP contribution in [0.2, 0.25) is 5.02 Å². The number of hydrogen-bond acceptors (Lipinski definition) is 3. The smallest absolute Gasteiger partial charge is 0.274 e. The molecule has 0 spiro atoms. The quantitative estimate of drug-likeness (QED) is 0.668. The van der Waals surface area contributed by atoms with E-state index in [0.29, 0.717) is 17.1 Å². The molecule has 28 heavy (non-hydrogen) atoms. The summed E-state index contributed by atoms with van der Waals surface area (Å²) in [6, 6.07) is 16.1. The van der Waals surface area contributed by atoms with Crippen LogP contribution in [-0.4, -0.2) is 16.8 Å². The fourth-order valence-corrected chi connectivity index (χ4v) is 2.85. The molecule has 0 atom stereocenters. The lowest BCUT2D eigenvalue weighted by molar-refractivity contribution is 0.0951. The molecule has 0 unspecified atom stereocenters. The van der Waals surface area contributed by atoms with Crippen LogP contribution in [0.15, 0.2) is 60.8 Å². The third kappa shape index (κ3) is 4.96. The molecule has 0 aliphatic carbocycles. The largest absolute Gasteiger partial charge is 0.348 e. The van der Waals surface area contributed by atoms with Crippen LogP contribution in [0.4, 0.5) is 5.69 Å². The van der Waals surface area contributed by atoms with Crippen molar-refractivity contribution in [3.63, 3.8) is 0 Å². The van der Waals surface area contributed by atoms with Crippen LogP contribution in [0.5, 0.6) is 0 Å². The molecule has 3 aromatic rings. The van der Waals surface area contributed by atoms with Gasteiger partial charge in [0.2, 0.25) is 0 Å². The van der Waals surface area contributed by atoms with E-state index in [0.717, 1.165) is 22.4 Å². The lowest BCUT2D eigenvalue weighted by atomic mass is 10.1. The summed E-state index contributed by atoms with van der Waals surface area (Å²) < 4.78 is 0. The Labute approximate surface area is 168 Å². The normalized spacial score (nSPS) is 10.4. The molecule has 0 fully saturated rings. The first-order valence-corrected chi connectivity index (χ1v) is 9.17. The molecule has 2 aromatic carbocycles. The van der Waals surface area contributed by atoms with Gasteiger partial charge in [-0.05, 0) is 55.3 Å². The molecule has 0 aliphatic heterocycles. The molecule has 2 amide bonds. The van der Waals surface area contributed by atoms with Crippen LogP contribution >= 0.6 is 11.6 Å². The van der Waals surface area contributed by atoms with Crippen molar-refractivity contribution in [1.82, 2.24) is 10.3 Å². The van der Waals surface area contributed by atoms with Gasteiger partial charge in [0.1, 0.15) is 5.69 Å². The van der Waals surface area contributed by atoms with E-state index in [1.165, 1.54) is 12.3 Å². The average molecular weight is 394 g/mol. The van der Waals surface area contributed by atoms with Crippen molar-refractivity contribution in [3.8, 4) is 0 Å². The molecule has 5 nitrogen and oxygen atoms in total. The Morgan fingerprint density at radius 2 is 1.71 bits per heavy atom. The number of aromatic nitrogens is 1. The number of halogens is 1. The Morgan fingerprint density at radius 3 is 2.43 bits per heavy atom. The van der Waals surface area contributed by atoms with Crippen LogP contribution in [-0.2, 0) is 6.54 Å². The van der Waals surface area contributed by atoms with E-state index >= 15 is 0 Å². The molecule has 0 saturated heterocycles. The van der Waals surface area contributed by atoms with Gasteiger partial charge < -0.3 is 10.6 Å².